The molecule has 0 amide bonds. The number of rotatable bonds is 3. The van der Waals surface area contributed by atoms with E-state index in [0.29, 0.717) is 0 Å². The van der Waals surface area contributed by atoms with Gasteiger partial charge in [0.15, 0.2) is 5.78 Å². The number of Topliss-reactive ketones (excluding diaryl/α,β-unsaturated/α-hetero) is 1. The maximum Gasteiger partial charge on any atom is 0.176 e. The van der Waals surface area contributed by atoms with Gasteiger partial charge < -0.3 is 0 Å². The molecule has 108 valence electrons. The minimum atomic E-state index is -0.526. The number of halogens is 1. The zero-order valence-electron chi connectivity index (χ0n) is 12.4. The van der Waals surface area contributed by atoms with E-state index >= 15 is 0 Å². The van der Waals surface area contributed by atoms with E-state index in [1.807, 2.05) is 50.2 Å². The van der Waals surface area contributed by atoms with Crippen molar-refractivity contribution in [1.29, 1.82) is 0 Å². The normalized spacial score (nSPS) is 16.3. The lowest BCUT2D eigenvalue weighted by molar-refractivity contribution is 0.0783. The Labute approximate surface area is 124 Å². The van der Waals surface area contributed by atoms with Crippen molar-refractivity contribution < 1.29 is 9.18 Å². The highest BCUT2D eigenvalue weighted by molar-refractivity contribution is 6.06. The molecule has 1 fully saturated rings. The van der Waals surface area contributed by atoms with Gasteiger partial charge in [0.05, 0.1) is 11.0 Å². The first-order valence-corrected chi connectivity index (χ1v) is 7.42. The van der Waals surface area contributed by atoms with Gasteiger partial charge in [-0.15, -0.1) is 0 Å². The Bertz CT molecular complexity index is 661. The number of benzene rings is 2. The summed E-state index contributed by atoms with van der Waals surface area (Å²) in [5, 5.41) is 0. The number of ketones is 1. The summed E-state index contributed by atoms with van der Waals surface area (Å²) in [6.07, 6.45) is 2.64. The highest BCUT2D eigenvalue weighted by atomic mass is 19.1. The van der Waals surface area contributed by atoms with Gasteiger partial charge in [-0.2, -0.15) is 0 Å². The van der Waals surface area contributed by atoms with Crippen molar-refractivity contribution in [2.24, 2.45) is 0 Å². The summed E-state index contributed by atoms with van der Waals surface area (Å²) >= 11 is 0. The molecule has 0 saturated heterocycles. The smallest absolute Gasteiger partial charge is 0.176 e. The van der Waals surface area contributed by atoms with Crippen molar-refractivity contribution in [3.05, 3.63) is 70.5 Å². The van der Waals surface area contributed by atoms with E-state index in [4.69, 9.17) is 0 Å². The third-order valence-corrected chi connectivity index (χ3v) is 4.63. The molecule has 2 aromatic rings. The fourth-order valence-electron chi connectivity index (χ4n) is 3.38. The summed E-state index contributed by atoms with van der Waals surface area (Å²) in [5.41, 5.74) is 2.34. The lowest BCUT2D eigenvalue weighted by Crippen LogP contribution is -2.43. The number of carbonyl (C=O) groups excluding carboxylic acids is 1. The largest absolute Gasteiger partial charge is 0.293 e. The molecule has 1 aliphatic carbocycles. The lowest BCUT2D eigenvalue weighted by atomic mass is 9.60. The Kier molecular flexibility index (Phi) is 3.40. The zero-order chi connectivity index (χ0) is 15.0. The first-order valence-electron chi connectivity index (χ1n) is 7.42. The zero-order valence-corrected chi connectivity index (χ0v) is 12.4. The predicted molar refractivity (Wildman–Crippen MR) is 82.2 cm³/mol. The van der Waals surface area contributed by atoms with Crippen molar-refractivity contribution in [3.8, 4) is 0 Å². The summed E-state index contributed by atoms with van der Waals surface area (Å²) in [6.45, 7) is 3.67. The van der Waals surface area contributed by atoms with Gasteiger partial charge in [0, 0.05) is 0 Å². The van der Waals surface area contributed by atoms with E-state index in [-0.39, 0.29) is 17.2 Å². The second-order valence-electron chi connectivity index (χ2n) is 6.07. The molecular weight excluding hydrogens is 263 g/mol. The van der Waals surface area contributed by atoms with Gasteiger partial charge in [-0.25, -0.2) is 4.39 Å². The maximum absolute atomic E-state index is 14.3. The van der Waals surface area contributed by atoms with Crippen LogP contribution in [0.1, 0.15) is 46.3 Å². The van der Waals surface area contributed by atoms with Crippen LogP contribution in [0.4, 0.5) is 4.39 Å². The first kappa shape index (κ1) is 14.0. The van der Waals surface area contributed by atoms with E-state index in [0.717, 1.165) is 36.0 Å². The Hall–Kier alpha value is -1.96. The average Bonchev–Trinajstić information content (AvgIpc) is 2.37. The van der Waals surface area contributed by atoms with Crippen LogP contribution in [0.2, 0.25) is 0 Å². The van der Waals surface area contributed by atoms with E-state index in [1.54, 1.807) is 0 Å². The molecule has 0 heterocycles. The Morgan fingerprint density at radius 3 is 2.29 bits per heavy atom. The molecule has 2 heteroatoms. The molecule has 1 aliphatic rings. The summed E-state index contributed by atoms with van der Waals surface area (Å²) in [4.78, 5) is 13.1. The summed E-state index contributed by atoms with van der Waals surface area (Å²) in [5.74, 6) is -0.449. The molecular formula is C19H19FO. The van der Waals surface area contributed by atoms with Crippen molar-refractivity contribution in [2.45, 2.75) is 38.5 Å². The SMILES string of the molecule is Cc1cc(C)c(C(=O)C2(c3ccccc3)CCC2)c(F)c1. The summed E-state index contributed by atoms with van der Waals surface area (Å²) in [7, 11) is 0. The molecule has 1 saturated carbocycles. The molecule has 0 bridgehead atoms. The topological polar surface area (TPSA) is 17.1 Å². The first-order chi connectivity index (χ1) is 10.0. The van der Waals surface area contributed by atoms with Crippen LogP contribution in [-0.2, 0) is 5.41 Å². The third-order valence-electron chi connectivity index (χ3n) is 4.63. The van der Waals surface area contributed by atoms with Crippen LogP contribution >= 0.6 is 0 Å². The second-order valence-corrected chi connectivity index (χ2v) is 6.07. The summed E-state index contributed by atoms with van der Waals surface area (Å²) in [6, 6.07) is 13.1. The molecule has 21 heavy (non-hydrogen) atoms. The lowest BCUT2D eigenvalue weighted by Gasteiger charge is -2.41. The van der Waals surface area contributed by atoms with E-state index in [2.05, 4.69) is 0 Å². The van der Waals surface area contributed by atoms with Gasteiger partial charge >= 0.3 is 0 Å². The van der Waals surface area contributed by atoms with Gasteiger partial charge in [0.2, 0.25) is 0 Å². The molecule has 0 radical (unpaired) electrons. The molecule has 0 unspecified atom stereocenters. The Morgan fingerprint density at radius 1 is 1.10 bits per heavy atom. The number of hydrogen-bond donors (Lipinski definition) is 0. The Balaban J connectivity index is 2.09. The van der Waals surface area contributed by atoms with Crippen molar-refractivity contribution in [1.82, 2.24) is 0 Å². The highest BCUT2D eigenvalue weighted by Crippen LogP contribution is 2.46. The van der Waals surface area contributed by atoms with Crippen LogP contribution in [0.5, 0.6) is 0 Å². The molecule has 0 aliphatic heterocycles. The minimum absolute atomic E-state index is 0.0602. The van der Waals surface area contributed by atoms with Crippen LogP contribution in [0, 0.1) is 19.7 Å². The Morgan fingerprint density at radius 2 is 1.76 bits per heavy atom. The van der Waals surface area contributed by atoms with Crippen LogP contribution in [0.3, 0.4) is 0 Å². The van der Waals surface area contributed by atoms with Crippen molar-refractivity contribution >= 4 is 5.78 Å². The molecule has 0 atom stereocenters. The van der Waals surface area contributed by atoms with Crippen molar-refractivity contribution in [2.75, 3.05) is 0 Å². The molecule has 3 rings (SSSR count). The number of hydrogen-bond acceptors (Lipinski definition) is 1. The third kappa shape index (κ3) is 2.19. The minimum Gasteiger partial charge on any atom is -0.293 e. The highest BCUT2D eigenvalue weighted by Gasteiger charge is 2.46. The number of carbonyl (C=O) groups is 1. The molecule has 0 spiro atoms. The average molecular weight is 282 g/mol. The maximum atomic E-state index is 14.3. The second kappa shape index (κ2) is 5.10. The van der Waals surface area contributed by atoms with Gasteiger partial charge in [-0.1, -0.05) is 42.8 Å². The molecule has 0 N–H and O–H groups in total. The quantitative estimate of drug-likeness (QED) is 0.743. The van der Waals surface area contributed by atoms with Crippen LogP contribution in [-0.4, -0.2) is 5.78 Å². The standard InChI is InChI=1S/C19H19FO/c1-13-11-14(2)17(16(20)12-13)18(21)19(9-6-10-19)15-7-4-3-5-8-15/h3-5,7-8,11-12H,6,9-10H2,1-2H3. The molecule has 1 nitrogen and oxygen atoms in total. The van der Waals surface area contributed by atoms with Crippen molar-refractivity contribution in [3.63, 3.8) is 0 Å². The van der Waals surface area contributed by atoms with E-state index < -0.39 is 5.41 Å². The monoisotopic (exact) mass is 282 g/mol. The van der Waals surface area contributed by atoms with Gasteiger partial charge in [0.25, 0.3) is 0 Å². The molecule has 2 aromatic carbocycles. The van der Waals surface area contributed by atoms with Gasteiger partial charge in [-0.05, 0) is 49.4 Å². The van der Waals surface area contributed by atoms with E-state index in [1.165, 1.54) is 6.07 Å². The number of aryl methyl sites for hydroxylation is 2. The van der Waals surface area contributed by atoms with Crippen LogP contribution in [0.25, 0.3) is 0 Å². The predicted octanol–water partition coefficient (Wildman–Crippen LogP) is 4.75. The summed E-state index contributed by atoms with van der Waals surface area (Å²) < 4.78 is 14.3. The fourth-order valence-corrected chi connectivity index (χ4v) is 3.38. The van der Waals surface area contributed by atoms with Gasteiger partial charge in [-0.3, -0.25) is 4.79 Å². The molecule has 0 aromatic heterocycles. The fraction of sp³-hybridized carbons (Fsp3) is 0.316. The van der Waals surface area contributed by atoms with Gasteiger partial charge in [0.1, 0.15) is 5.82 Å². The van der Waals surface area contributed by atoms with E-state index in [9.17, 15) is 9.18 Å². The van der Waals surface area contributed by atoms with Crippen LogP contribution < -0.4 is 0 Å². The van der Waals surface area contributed by atoms with Crippen LogP contribution in [0.15, 0.2) is 42.5 Å².